The maximum Gasteiger partial charge on any atom is 0.405 e. The number of nitrogen functional groups attached to an aromatic ring is 1. The van der Waals surface area contributed by atoms with Gasteiger partial charge in [0.1, 0.15) is 10.9 Å². The van der Waals surface area contributed by atoms with Gasteiger partial charge >= 0.3 is 6.18 Å². The smallest absolute Gasteiger partial charge is 0.398 e. The molecule has 0 saturated carbocycles. The van der Waals surface area contributed by atoms with E-state index in [0.29, 0.717) is 4.90 Å². The Balaban J connectivity index is 2.26. The molecule has 0 radical (unpaired) electrons. The standard InChI is InChI=1S/C16H15Cl2F3N2O2S2/c1-9-2-4-11(5-3-9)26-8-14(16(19,20)21)23-27(24,25)15-12(18)6-10(17)7-13(15)22/h2-7,14,23H,8,22H2,1H3. The summed E-state index contributed by atoms with van der Waals surface area (Å²) >= 11 is 12.4. The molecule has 0 amide bonds. The highest BCUT2D eigenvalue weighted by atomic mass is 35.5. The largest absolute Gasteiger partial charge is 0.405 e. The summed E-state index contributed by atoms with van der Waals surface area (Å²) in [6, 6.07) is 6.70. The summed E-state index contributed by atoms with van der Waals surface area (Å²) in [5.41, 5.74) is 6.22. The van der Waals surface area contributed by atoms with Gasteiger partial charge in [-0.1, -0.05) is 40.9 Å². The molecule has 2 aromatic rings. The van der Waals surface area contributed by atoms with Gasteiger partial charge in [0.25, 0.3) is 0 Å². The molecule has 2 rings (SSSR count). The maximum absolute atomic E-state index is 13.4. The number of benzene rings is 2. The third kappa shape index (κ3) is 5.92. The van der Waals surface area contributed by atoms with E-state index >= 15 is 0 Å². The number of nitrogens with one attached hydrogen (secondary N) is 1. The van der Waals surface area contributed by atoms with Crippen molar-refractivity contribution in [2.24, 2.45) is 0 Å². The van der Waals surface area contributed by atoms with Crippen molar-refractivity contribution < 1.29 is 21.6 Å². The van der Waals surface area contributed by atoms with Gasteiger partial charge in [-0.15, -0.1) is 11.8 Å². The molecule has 0 bridgehead atoms. The second kappa shape index (κ2) is 8.48. The van der Waals surface area contributed by atoms with Gasteiger partial charge in [0.2, 0.25) is 10.0 Å². The zero-order valence-electron chi connectivity index (χ0n) is 13.8. The van der Waals surface area contributed by atoms with Crippen LogP contribution in [0.25, 0.3) is 0 Å². The van der Waals surface area contributed by atoms with E-state index in [1.54, 1.807) is 29.0 Å². The van der Waals surface area contributed by atoms with Crippen LogP contribution in [0, 0.1) is 6.92 Å². The highest BCUT2D eigenvalue weighted by Gasteiger charge is 2.43. The molecule has 1 atom stereocenters. The minimum absolute atomic E-state index is 0.0683. The van der Waals surface area contributed by atoms with Crippen molar-refractivity contribution in [3.63, 3.8) is 0 Å². The van der Waals surface area contributed by atoms with Crippen LogP contribution in [0.1, 0.15) is 5.56 Å². The average molecular weight is 459 g/mol. The number of halogens is 5. The van der Waals surface area contributed by atoms with Crippen molar-refractivity contribution in [1.29, 1.82) is 0 Å². The Morgan fingerprint density at radius 3 is 2.30 bits per heavy atom. The first kappa shape index (κ1) is 22.2. The lowest BCUT2D eigenvalue weighted by Gasteiger charge is -2.22. The summed E-state index contributed by atoms with van der Waals surface area (Å²) < 4.78 is 66.7. The molecular weight excluding hydrogens is 444 g/mol. The van der Waals surface area contributed by atoms with Gasteiger partial charge in [-0.25, -0.2) is 8.42 Å². The highest BCUT2D eigenvalue weighted by molar-refractivity contribution is 7.99. The third-order valence-corrected chi connectivity index (χ3v) is 6.76. The molecule has 0 heterocycles. The Bertz CT molecular complexity index is 897. The molecule has 148 valence electrons. The number of alkyl halides is 3. The Hall–Kier alpha value is -1.13. The number of anilines is 1. The number of hydrogen-bond acceptors (Lipinski definition) is 4. The molecule has 0 aliphatic carbocycles. The number of nitrogens with two attached hydrogens (primary N) is 1. The molecule has 27 heavy (non-hydrogen) atoms. The molecule has 0 aliphatic heterocycles. The van der Waals surface area contributed by atoms with Crippen LogP contribution >= 0.6 is 35.0 Å². The van der Waals surface area contributed by atoms with E-state index in [0.717, 1.165) is 29.5 Å². The van der Waals surface area contributed by atoms with Crippen LogP contribution in [-0.4, -0.2) is 26.4 Å². The molecule has 0 fully saturated rings. The van der Waals surface area contributed by atoms with Crippen LogP contribution in [0.15, 0.2) is 46.2 Å². The van der Waals surface area contributed by atoms with E-state index in [9.17, 15) is 21.6 Å². The Kier molecular flexibility index (Phi) is 6.96. The van der Waals surface area contributed by atoms with Crippen LogP contribution in [0.4, 0.5) is 18.9 Å². The summed E-state index contributed by atoms with van der Waals surface area (Å²) in [4.78, 5) is -0.0544. The fourth-order valence-corrected chi connectivity index (χ4v) is 5.39. The van der Waals surface area contributed by atoms with E-state index in [-0.39, 0.29) is 15.7 Å². The predicted molar refractivity (Wildman–Crippen MR) is 103 cm³/mol. The number of thioether (sulfide) groups is 1. The minimum atomic E-state index is -4.81. The lowest BCUT2D eigenvalue weighted by molar-refractivity contribution is -0.145. The van der Waals surface area contributed by atoms with Crippen molar-refractivity contribution >= 4 is 50.7 Å². The van der Waals surface area contributed by atoms with Gasteiger partial charge in [0.15, 0.2) is 0 Å². The predicted octanol–water partition coefficient (Wildman–Crippen LogP) is 4.89. The Morgan fingerprint density at radius 1 is 1.19 bits per heavy atom. The first-order chi connectivity index (χ1) is 12.4. The van der Waals surface area contributed by atoms with Crippen molar-refractivity contribution in [2.45, 2.75) is 28.9 Å². The summed E-state index contributed by atoms with van der Waals surface area (Å²) in [7, 11) is -4.63. The fraction of sp³-hybridized carbons (Fsp3) is 0.250. The van der Waals surface area contributed by atoms with E-state index < -0.39 is 32.9 Å². The summed E-state index contributed by atoms with van der Waals surface area (Å²) in [6.07, 6.45) is -4.81. The van der Waals surface area contributed by atoms with E-state index in [4.69, 9.17) is 28.9 Å². The number of sulfonamides is 1. The van der Waals surface area contributed by atoms with Gasteiger partial charge < -0.3 is 5.73 Å². The molecule has 2 aromatic carbocycles. The molecule has 0 aliphatic rings. The van der Waals surface area contributed by atoms with Crippen molar-refractivity contribution in [3.8, 4) is 0 Å². The second-order valence-corrected chi connectivity index (χ2v) is 9.23. The molecule has 11 heteroatoms. The molecule has 0 spiro atoms. The molecule has 3 N–H and O–H groups in total. The number of hydrogen-bond donors (Lipinski definition) is 2. The van der Waals surface area contributed by atoms with Crippen molar-refractivity contribution in [3.05, 3.63) is 52.0 Å². The average Bonchev–Trinajstić information content (AvgIpc) is 2.50. The number of rotatable bonds is 6. The summed E-state index contributed by atoms with van der Waals surface area (Å²) in [5.74, 6) is -0.559. The lowest BCUT2D eigenvalue weighted by atomic mass is 10.2. The number of aryl methyl sites for hydroxylation is 1. The van der Waals surface area contributed by atoms with Crippen LogP contribution in [-0.2, 0) is 10.0 Å². The molecule has 0 aromatic heterocycles. The van der Waals surface area contributed by atoms with Gasteiger partial charge in [-0.3, -0.25) is 0 Å². The topological polar surface area (TPSA) is 72.2 Å². The SMILES string of the molecule is Cc1ccc(SCC(NS(=O)(=O)c2c(N)cc(Cl)cc2Cl)C(F)(F)F)cc1. The van der Waals surface area contributed by atoms with E-state index in [1.807, 2.05) is 6.92 Å². The second-order valence-electron chi connectivity index (χ2n) is 5.65. The molecule has 0 saturated heterocycles. The zero-order valence-corrected chi connectivity index (χ0v) is 17.0. The summed E-state index contributed by atoms with van der Waals surface area (Å²) in [6.45, 7) is 1.85. The molecular formula is C16H15Cl2F3N2O2S2. The fourth-order valence-electron chi connectivity index (χ4n) is 2.12. The van der Waals surface area contributed by atoms with E-state index in [2.05, 4.69) is 0 Å². The van der Waals surface area contributed by atoms with Crippen molar-refractivity contribution in [1.82, 2.24) is 4.72 Å². The van der Waals surface area contributed by atoms with Gasteiger partial charge in [0.05, 0.1) is 10.7 Å². The highest BCUT2D eigenvalue weighted by Crippen LogP contribution is 2.33. The first-order valence-corrected chi connectivity index (χ1v) is 10.7. The minimum Gasteiger partial charge on any atom is -0.398 e. The Labute approximate surface area is 169 Å². The normalized spacial score (nSPS) is 13.6. The monoisotopic (exact) mass is 458 g/mol. The van der Waals surface area contributed by atoms with Crippen LogP contribution in [0.2, 0.25) is 10.0 Å². The lowest BCUT2D eigenvalue weighted by Crippen LogP contribution is -2.47. The van der Waals surface area contributed by atoms with Gasteiger partial charge in [-0.05, 0) is 31.2 Å². The zero-order chi connectivity index (χ0) is 20.4. The molecule has 1 unspecified atom stereocenters. The van der Waals surface area contributed by atoms with Gasteiger partial charge in [0, 0.05) is 15.7 Å². The van der Waals surface area contributed by atoms with E-state index in [1.165, 1.54) is 0 Å². The van der Waals surface area contributed by atoms with Crippen molar-refractivity contribution in [2.75, 3.05) is 11.5 Å². The third-order valence-electron chi connectivity index (χ3n) is 3.44. The molecule has 4 nitrogen and oxygen atoms in total. The maximum atomic E-state index is 13.4. The first-order valence-electron chi connectivity index (χ1n) is 7.43. The summed E-state index contributed by atoms with van der Waals surface area (Å²) in [5, 5.41) is -0.293. The van der Waals surface area contributed by atoms with Gasteiger partial charge in [-0.2, -0.15) is 17.9 Å². The van der Waals surface area contributed by atoms with Crippen LogP contribution < -0.4 is 10.5 Å². The van der Waals surface area contributed by atoms with Crippen LogP contribution in [0.5, 0.6) is 0 Å². The van der Waals surface area contributed by atoms with Crippen LogP contribution in [0.3, 0.4) is 0 Å². The Morgan fingerprint density at radius 2 is 1.78 bits per heavy atom. The quantitative estimate of drug-likeness (QED) is 0.477.